The second kappa shape index (κ2) is 7.45. The molecule has 26 heavy (non-hydrogen) atoms. The fourth-order valence-corrected chi connectivity index (χ4v) is 2.58. The van der Waals surface area contributed by atoms with Gasteiger partial charge in [0.25, 0.3) is 11.8 Å². The Labute approximate surface area is 151 Å². The SMILES string of the molecule is CC1=NN(c2ccccc2)C(=O)[C@@H]1/C=C(/C#N)C(=O)Nc1ccccc1. The van der Waals surface area contributed by atoms with Crippen LogP contribution >= 0.6 is 0 Å². The van der Waals surface area contributed by atoms with E-state index in [9.17, 15) is 14.9 Å². The van der Waals surface area contributed by atoms with E-state index in [0.717, 1.165) is 0 Å². The minimum absolute atomic E-state index is 0.128. The van der Waals surface area contributed by atoms with Crippen LogP contribution in [0.15, 0.2) is 77.4 Å². The van der Waals surface area contributed by atoms with Crippen molar-refractivity contribution in [1.29, 1.82) is 5.26 Å². The average molecular weight is 344 g/mol. The van der Waals surface area contributed by atoms with Gasteiger partial charge in [-0.1, -0.05) is 36.4 Å². The molecule has 0 saturated heterocycles. The Balaban J connectivity index is 1.81. The summed E-state index contributed by atoms with van der Waals surface area (Å²) in [4.78, 5) is 25.0. The number of hydrazone groups is 1. The fourth-order valence-electron chi connectivity index (χ4n) is 2.58. The smallest absolute Gasteiger partial charge is 0.266 e. The second-order valence-electron chi connectivity index (χ2n) is 5.72. The number of nitriles is 1. The summed E-state index contributed by atoms with van der Waals surface area (Å²) in [5.74, 6) is -1.60. The van der Waals surface area contributed by atoms with E-state index in [-0.39, 0.29) is 11.5 Å². The minimum Gasteiger partial charge on any atom is -0.321 e. The van der Waals surface area contributed by atoms with Crippen LogP contribution in [-0.2, 0) is 9.59 Å². The van der Waals surface area contributed by atoms with Crippen molar-refractivity contribution in [1.82, 2.24) is 0 Å². The van der Waals surface area contributed by atoms with Crippen LogP contribution in [0.25, 0.3) is 0 Å². The van der Waals surface area contributed by atoms with Crippen molar-refractivity contribution >= 4 is 28.9 Å². The number of carbonyl (C=O) groups is 2. The molecule has 6 nitrogen and oxygen atoms in total. The van der Waals surface area contributed by atoms with E-state index in [0.29, 0.717) is 17.1 Å². The Morgan fingerprint density at radius 3 is 2.38 bits per heavy atom. The van der Waals surface area contributed by atoms with E-state index < -0.39 is 11.8 Å². The number of carbonyl (C=O) groups excluding carboxylic acids is 2. The molecule has 2 aromatic rings. The van der Waals surface area contributed by atoms with E-state index in [2.05, 4.69) is 10.4 Å². The summed E-state index contributed by atoms with van der Waals surface area (Å²) in [7, 11) is 0. The van der Waals surface area contributed by atoms with Crippen LogP contribution in [0.4, 0.5) is 11.4 Å². The molecule has 1 heterocycles. The van der Waals surface area contributed by atoms with Crippen LogP contribution in [0, 0.1) is 17.2 Å². The predicted molar refractivity (Wildman–Crippen MR) is 99.3 cm³/mol. The molecule has 1 aliphatic rings. The molecular formula is C20H16N4O2. The number of para-hydroxylation sites is 2. The minimum atomic E-state index is -0.744. The van der Waals surface area contributed by atoms with Crippen LogP contribution in [0.2, 0.25) is 0 Å². The molecule has 1 atom stereocenters. The molecule has 0 bridgehead atoms. The summed E-state index contributed by atoms with van der Waals surface area (Å²) in [6, 6.07) is 19.7. The zero-order chi connectivity index (χ0) is 18.5. The highest BCUT2D eigenvalue weighted by Crippen LogP contribution is 2.25. The maximum atomic E-state index is 12.7. The number of nitrogens with zero attached hydrogens (tertiary/aromatic N) is 3. The largest absolute Gasteiger partial charge is 0.321 e. The third-order valence-electron chi connectivity index (χ3n) is 3.91. The summed E-state index contributed by atoms with van der Waals surface area (Å²) in [6.45, 7) is 1.70. The molecule has 0 unspecified atom stereocenters. The van der Waals surface area contributed by atoms with E-state index in [4.69, 9.17) is 0 Å². The standard InChI is InChI=1S/C20H16N4O2/c1-14-18(20(26)24(23-14)17-10-6-3-7-11-17)12-15(13-21)19(25)22-16-8-4-2-5-9-16/h2-12,18H,1H3,(H,22,25)/b15-12-/t18-/m1/s1. The average Bonchev–Trinajstić information content (AvgIpc) is 2.95. The van der Waals surface area contributed by atoms with Crippen LogP contribution in [0.1, 0.15) is 6.92 Å². The zero-order valence-corrected chi connectivity index (χ0v) is 14.1. The highest BCUT2D eigenvalue weighted by molar-refractivity contribution is 6.17. The van der Waals surface area contributed by atoms with Crippen molar-refractivity contribution < 1.29 is 9.59 Å². The normalized spacial score (nSPS) is 16.8. The van der Waals surface area contributed by atoms with E-state index in [1.165, 1.54) is 11.1 Å². The first-order valence-electron chi connectivity index (χ1n) is 8.02. The Hall–Kier alpha value is -3.72. The first kappa shape index (κ1) is 17.1. The number of amides is 2. The van der Waals surface area contributed by atoms with Gasteiger partial charge in [-0.15, -0.1) is 0 Å². The Bertz CT molecular complexity index is 927. The summed E-state index contributed by atoms with van der Waals surface area (Å²) >= 11 is 0. The molecule has 0 fully saturated rings. The number of benzene rings is 2. The molecular weight excluding hydrogens is 328 g/mol. The lowest BCUT2D eigenvalue weighted by molar-refractivity contribution is -0.118. The van der Waals surface area contributed by atoms with Crippen LogP contribution < -0.4 is 10.3 Å². The van der Waals surface area contributed by atoms with Gasteiger partial charge >= 0.3 is 0 Å². The topological polar surface area (TPSA) is 85.6 Å². The Morgan fingerprint density at radius 2 is 1.77 bits per heavy atom. The zero-order valence-electron chi connectivity index (χ0n) is 14.1. The van der Waals surface area contributed by atoms with E-state index >= 15 is 0 Å². The fraction of sp³-hybridized carbons (Fsp3) is 0.100. The number of nitrogens with one attached hydrogen (secondary N) is 1. The summed E-state index contributed by atoms with van der Waals surface area (Å²) in [6.07, 6.45) is 1.36. The molecule has 3 rings (SSSR count). The first-order valence-corrected chi connectivity index (χ1v) is 8.02. The number of anilines is 2. The highest BCUT2D eigenvalue weighted by atomic mass is 16.2. The van der Waals surface area contributed by atoms with Crippen molar-refractivity contribution in [3.8, 4) is 6.07 Å². The molecule has 2 amide bonds. The summed E-state index contributed by atoms with van der Waals surface area (Å²) in [5, 5.41) is 17.6. The van der Waals surface area contributed by atoms with Gasteiger partial charge in [-0.2, -0.15) is 15.4 Å². The summed E-state index contributed by atoms with van der Waals surface area (Å²) < 4.78 is 0. The van der Waals surface area contributed by atoms with Gasteiger partial charge < -0.3 is 5.32 Å². The van der Waals surface area contributed by atoms with Gasteiger partial charge in [0.2, 0.25) is 0 Å². The van der Waals surface area contributed by atoms with Crippen LogP contribution in [-0.4, -0.2) is 17.5 Å². The molecule has 0 aromatic heterocycles. The predicted octanol–water partition coefficient (Wildman–Crippen LogP) is 3.11. The van der Waals surface area contributed by atoms with Gasteiger partial charge in [0.1, 0.15) is 11.6 Å². The third-order valence-corrected chi connectivity index (χ3v) is 3.91. The molecule has 0 radical (unpaired) electrons. The molecule has 128 valence electrons. The van der Waals surface area contributed by atoms with Crippen molar-refractivity contribution in [2.45, 2.75) is 6.92 Å². The van der Waals surface area contributed by atoms with Crippen molar-refractivity contribution in [2.75, 3.05) is 10.3 Å². The van der Waals surface area contributed by atoms with Gasteiger partial charge in [0.15, 0.2) is 0 Å². The molecule has 0 spiro atoms. The lowest BCUT2D eigenvalue weighted by atomic mass is 10.0. The highest BCUT2D eigenvalue weighted by Gasteiger charge is 2.33. The Morgan fingerprint density at radius 1 is 1.15 bits per heavy atom. The van der Waals surface area contributed by atoms with Gasteiger partial charge in [-0.25, -0.2) is 0 Å². The third kappa shape index (κ3) is 3.52. The quantitative estimate of drug-likeness (QED) is 0.683. The van der Waals surface area contributed by atoms with E-state index in [1.807, 2.05) is 30.3 Å². The maximum absolute atomic E-state index is 12.7. The second-order valence-corrected chi connectivity index (χ2v) is 5.72. The molecule has 0 saturated carbocycles. The van der Waals surface area contributed by atoms with Crippen molar-refractivity contribution in [3.63, 3.8) is 0 Å². The van der Waals surface area contributed by atoms with Crippen LogP contribution in [0.3, 0.4) is 0 Å². The van der Waals surface area contributed by atoms with Gasteiger partial charge in [0.05, 0.1) is 17.3 Å². The number of rotatable bonds is 4. The van der Waals surface area contributed by atoms with E-state index in [1.54, 1.807) is 43.3 Å². The maximum Gasteiger partial charge on any atom is 0.266 e. The summed E-state index contributed by atoms with van der Waals surface area (Å²) in [5.41, 5.74) is 1.61. The lowest BCUT2D eigenvalue weighted by Crippen LogP contribution is -2.27. The molecule has 2 aromatic carbocycles. The number of hydrogen-bond acceptors (Lipinski definition) is 4. The molecule has 0 aliphatic carbocycles. The van der Waals surface area contributed by atoms with Gasteiger partial charge in [0, 0.05) is 5.69 Å². The van der Waals surface area contributed by atoms with Gasteiger partial charge in [-0.3, -0.25) is 9.59 Å². The van der Waals surface area contributed by atoms with Crippen molar-refractivity contribution in [3.05, 3.63) is 72.3 Å². The first-order chi connectivity index (χ1) is 12.6. The Kier molecular flexibility index (Phi) is 4.90. The van der Waals surface area contributed by atoms with Crippen LogP contribution in [0.5, 0.6) is 0 Å². The number of hydrogen-bond donors (Lipinski definition) is 1. The monoisotopic (exact) mass is 344 g/mol. The molecule has 1 aliphatic heterocycles. The van der Waals surface area contributed by atoms with Gasteiger partial charge in [-0.05, 0) is 37.3 Å². The molecule has 1 N–H and O–H groups in total. The molecule has 6 heteroatoms. The lowest BCUT2D eigenvalue weighted by Gasteiger charge is -2.12. The van der Waals surface area contributed by atoms with Crippen molar-refractivity contribution in [2.24, 2.45) is 11.0 Å².